The third-order valence-corrected chi connectivity index (χ3v) is 7.96. The molecule has 2 aromatic rings. The van der Waals surface area contributed by atoms with Crippen molar-refractivity contribution in [3.63, 3.8) is 0 Å². The molecule has 4 aliphatic carbocycles. The molecule has 2 heteroatoms. The first kappa shape index (κ1) is 15.0. The molecule has 0 spiro atoms. The molecule has 2 nitrogen and oxygen atoms in total. The number of hydrogen-bond acceptors (Lipinski definition) is 2. The van der Waals surface area contributed by atoms with Gasteiger partial charge in [0.15, 0.2) is 0 Å². The van der Waals surface area contributed by atoms with E-state index in [9.17, 15) is 4.79 Å². The summed E-state index contributed by atoms with van der Waals surface area (Å²) < 4.78 is 6.15. The minimum atomic E-state index is -0.143. The number of ether oxygens (including phenoxy) is 1. The second kappa shape index (κ2) is 5.22. The largest absolute Gasteiger partial charge is 0.458 e. The summed E-state index contributed by atoms with van der Waals surface area (Å²) in [6, 6.07) is 14.1. The first-order valence-corrected chi connectivity index (χ1v) is 10.1. The van der Waals surface area contributed by atoms with Crippen LogP contribution >= 0.6 is 0 Å². The van der Waals surface area contributed by atoms with Crippen LogP contribution in [-0.2, 0) is 4.74 Å². The van der Waals surface area contributed by atoms with E-state index in [1.54, 1.807) is 0 Å². The van der Waals surface area contributed by atoms with Gasteiger partial charge in [-0.05, 0) is 71.3 Å². The Balaban J connectivity index is 1.26. The fourth-order valence-corrected chi connectivity index (χ4v) is 6.99. The Morgan fingerprint density at radius 1 is 0.923 bits per heavy atom. The summed E-state index contributed by atoms with van der Waals surface area (Å²) in [5, 5.41) is 2.26. The van der Waals surface area contributed by atoms with Crippen molar-refractivity contribution >= 4 is 16.7 Å². The third-order valence-electron chi connectivity index (χ3n) is 7.96. The van der Waals surface area contributed by atoms with Gasteiger partial charge in [-0.15, -0.1) is 0 Å². The smallest absolute Gasteiger partial charge is 0.338 e. The van der Waals surface area contributed by atoms with Gasteiger partial charge in [-0.2, -0.15) is 0 Å². The Bertz CT molecular complexity index is 929. The average molecular weight is 344 g/mol. The normalized spacial score (nSPS) is 41.7. The predicted octanol–water partition coefficient (Wildman–Crippen LogP) is 5.09. The monoisotopic (exact) mass is 344 g/mol. The lowest BCUT2D eigenvalue weighted by atomic mass is 9.68. The van der Waals surface area contributed by atoms with E-state index in [0.717, 1.165) is 40.4 Å². The number of fused-ring (bicyclic) bond motifs is 10. The molecule has 26 heavy (non-hydrogen) atoms. The first-order valence-electron chi connectivity index (χ1n) is 10.1. The Labute approximate surface area is 154 Å². The summed E-state index contributed by atoms with van der Waals surface area (Å²) in [4.78, 5) is 12.9. The number of carbonyl (C=O) groups is 1. The van der Waals surface area contributed by atoms with E-state index in [4.69, 9.17) is 4.74 Å². The fraction of sp³-hybridized carbons (Fsp3) is 0.458. The van der Waals surface area contributed by atoms with Gasteiger partial charge in [0.2, 0.25) is 0 Å². The van der Waals surface area contributed by atoms with Crippen LogP contribution in [0.3, 0.4) is 0 Å². The molecule has 8 atom stereocenters. The van der Waals surface area contributed by atoms with E-state index in [2.05, 4.69) is 31.2 Å². The highest BCUT2D eigenvalue weighted by Gasteiger charge is 2.64. The topological polar surface area (TPSA) is 26.3 Å². The van der Waals surface area contributed by atoms with Gasteiger partial charge in [0.1, 0.15) is 6.10 Å². The molecular formula is C24H24O2. The summed E-state index contributed by atoms with van der Waals surface area (Å²) >= 11 is 0. The van der Waals surface area contributed by atoms with Crippen molar-refractivity contribution in [1.29, 1.82) is 0 Å². The second-order valence-corrected chi connectivity index (χ2v) is 8.96. The lowest BCUT2D eigenvalue weighted by Crippen LogP contribution is -2.41. The number of hydrogen-bond donors (Lipinski definition) is 0. The second-order valence-electron chi connectivity index (χ2n) is 8.96. The molecule has 3 fully saturated rings. The van der Waals surface area contributed by atoms with Crippen LogP contribution in [0.25, 0.3) is 10.8 Å². The van der Waals surface area contributed by atoms with Crippen molar-refractivity contribution in [2.24, 2.45) is 41.4 Å². The van der Waals surface area contributed by atoms with Gasteiger partial charge < -0.3 is 4.74 Å². The molecule has 6 rings (SSSR count). The molecule has 0 heterocycles. The number of rotatable bonds is 2. The standard InChI is InChI=1S/C24H24O2/c1-13-19-12-20(22-17-8-7-16(11-17)21(19)22)23(13)26-24(25)18-9-6-14-4-2-3-5-15(14)10-18/h2-10,13,16-17,19-23H,11-12H2,1H3. The molecule has 4 bridgehead atoms. The summed E-state index contributed by atoms with van der Waals surface area (Å²) in [6.07, 6.45) is 7.63. The van der Waals surface area contributed by atoms with Crippen LogP contribution in [0.15, 0.2) is 54.6 Å². The van der Waals surface area contributed by atoms with E-state index in [1.807, 2.05) is 30.3 Å². The van der Waals surface area contributed by atoms with Crippen LogP contribution in [0.2, 0.25) is 0 Å². The number of benzene rings is 2. The zero-order valence-electron chi connectivity index (χ0n) is 15.0. The van der Waals surface area contributed by atoms with Crippen LogP contribution in [0, 0.1) is 41.4 Å². The molecule has 0 amide bonds. The van der Waals surface area contributed by atoms with Crippen molar-refractivity contribution in [3.05, 3.63) is 60.2 Å². The number of allylic oxidation sites excluding steroid dienone is 2. The van der Waals surface area contributed by atoms with Gasteiger partial charge in [-0.1, -0.05) is 49.4 Å². The van der Waals surface area contributed by atoms with Crippen LogP contribution < -0.4 is 0 Å². The van der Waals surface area contributed by atoms with E-state index < -0.39 is 0 Å². The minimum absolute atomic E-state index is 0.105. The van der Waals surface area contributed by atoms with Crippen molar-refractivity contribution in [1.82, 2.24) is 0 Å². The number of carbonyl (C=O) groups excluding carboxylic acids is 1. The SMILES string of the molecule is CC1C2CC(C1OC(=O)c1ccc3ccccc3c1)C1C3C=CC(C3)C21. The summed E-state index contributed by atoms with van der Waals surface area (Å²) in [7, 11) is 0. The maximum absolute atomic E-state index is 12.9. The molecule has 4 aliphatic rings. The summed E-state index contributed by atoms with van der Waals surface area (Å²) in [5.74, 6) is 4.85. The summed E-state index contributed by atoms with van der Waals surface area (Å²) in [6.45, 7) is 2.31. The first-order chi connectivity index (χ1) is 12.7. The lowest BCUT2D eigenvalue weighted by Gasteiger charge is -2.40. The van der Waals surface area contributed by atoms with Crippen molar-refractivity contribution < 1.29 is 9.53 Å². The molecule has 0 saturated heterocycles. The zero-order chi connectivity index (χ0) is 17.4. The van der Waals surface area contributed by atoms with Gasteiger partial charge in [-0.3, -0.25) is 0 Å². The molecule has 2 aromatic carbocycles. The van der Waals surface area contributed by atoms with Crippen LogP contribution in [0.1, 0.15) is 30.1 Å². The van der Waals surface area contributed by atoms with E-state index in [-0.39, 0.29) is 12.1 Å². The molecule has 0 aromatic heterocycles. The minimum Gasteiger partial charge on any atom is -0.458 e. The van der Waals surface area contributed by atoms with Gasteiger partial charge in [0.25, 0.3) is 0 Å². The fourth-order valence-electron chi connectivity index (χ4n) is 6.99. The molecule has 132 valence electrons. The van der Waals surface area contributed by atoms with E-state index >= 15 is 0 Å². The Kier molecular flexibility index (Phi) is 3.01. The maximum atomic E-state index is 12.9. The van der Waals surface area contributed by atoms with Crippen molar-refractivity contribution in [2.45, 2.75) is 25.9 Å². The Morgan fingerprint density at radius 2 is 1.65 bits per heavy atom. The van der Waals surface area contributed by atoms with Crippen LogP contribution in [-0.4, -0.2) is 12.1 Å². The van der Waals surface area contributed by atoms with Crippen molar-refractivity contribution in [2.75, 3.05) is 0 Å². The van der Waals surface area contributed by atoms with Gasteiger partial charge >= 0.3 is 5.97 Å². The highest BCUT2D eigenvalue weighted by Crippen LogP contribution is 2.67. The van der Waals surface area contributed by atoms with E-state index in [0.29, 0.717) is 17.4 Å². The molecule has 0 N–H and O–H groups in total. The van der Waals surface area contributed by atoms with E-state index in [1.165, 1.54) is 12.8 Å². The van der Waals surface area contributed by atoms with Gasteiger partial charge in [0.05, 0.1) is 5.56 Å². The highest BCUT2D eigenvalue weighted by atomic mass is 16.5. The van der Waals surface area contributed by atoms with Crippen LogP contribution in [0.4, 0.5) is 0 Å². The molecule has 3 saturated carbocycles. The van der Waals surface area contributed by atoms with Crippen molar-refractivity contribution in [3.8, 4) is 0 Å². The molecular weight excluding hydrogens is 320 g/mol. The molecule has 0 aliphatic heterocycles. The quantitative estimate of drug-likeness (QED) is 0.431. The highest BCUT2D eigenvalue weighted by molar-refractivity contribution is 5.95. The zero-order valence-corrected chi connectivity index (χ0v) is 15.0. The predicted molar refractivity (Wildman–Crippen MR) is 102 cm³/mol. The molecule has 0 radical (unpaired) electrons. The lowest BCUT2D eigenvalue weighted by molar-refractivity contribution is -0.0276. The maximum Gasteiger partial charge on any atom is 0.338 e. The Hall–Kier alpha value is -2.09. The summed E-state index contributed by atoms with van der Waals surface area (Å²) in [5.41, 5.74) is 0.683. The average Bonchev–Trinajstić information content (AvgIpc) is 3.42. The third kappa shape index (κ3) is 1.91. The Morgan fingerprint density at radius 3 is 2.46 bits per heavy atom. The van der Waals surface area contributed by atoms with Crippen LogP contribution in [0.5, 0.6) is 0 Å². The van der Waals surface area contributed by atoms with Gasteiger partial charge in [-0.25, -0.2) is 4.79 Å². The molecule has 8 unspecified atom stereocenters. The van der Waals surface area contributed by atoms with Gasteiger partial charge in [0, 0.05) is 5.92 Å². The number of esters is 1.